The first kappa shape index (κ1) is 14.0. The van der Waals surface area contributed by atoms with Gasteiger partial charge in [0.25, 0.3) is 11.2 Å². The lowest BCUT2D eigenvalue weighted by atomic mass is 10.2. The second-order valence-corrected chi connectivity index (χ2v) is 6.06. The first-order valence-corrected chi connectivity index (χ1v) is 7.65. The third kappa shape index (κ3) is 2.88. The Balaban J connectivity index is 1.84. The van der Waals surface area contributed by atoms with Gasteiger partial charge >= 0.3 is 0 Å². The van der Waals surface area contributed by atoms with E-state index in [0.29, 0.717) is 12.7 Å². The highest BCUT2D eigenvalue weighted by Gasteiger charge is 2.27. The lowest BCUT2D eigenvalue weighted by Crippen LogP contribution is -2.31. The third-order valence-corrected chi connectivity index (χ3v) is 4.72. The molecule has 0 bridgehead atoms. The number of nitro groups is 1. The Bertz CT molecular complexity index is 696. The van der Waals surface area contributed by atoms with Crippen molar-refractivity contribution in [1.29, 1.82) is 0 Å². The zero-order valence-corrected chi connectivity index (χ0v) is 12.2. The van der Waals surface area contributed by atoms with E-state index in [1.165, 1.54) is 27.8 Å². The first-order chi connectivity index (χ1) is 10.1. The average molecular weight is 305 g/mol. The van der Waals surface area contributed by atoms with Crippen LogP contribution in [-0.2, 0) is 6.67 Å². The van der Waals surface area contributed by atoms with Gasteiger partial charge in [-0.1, -0.05) is 6.07 Å². The van der Waals surface area contributed by atoms with Crippen LogP contribution in [-0.4, -0.2) is 20.9 Å². The SMILES string of the molecule is O=c1ccc([N+](=O)[O-])cn1CN1CCC[C@@H]1c1cccs1. The van der Waals surface area contributed by atoms with Crippen LogP contribution in [0, 0.1) is 10.1 Å². The van der Waals surface area contributed by atoms with Crippen molar-refractivity contribution >= 4 is 17.0 Å². The molecular weight excluding hydrogens is 290 g/mol. The summed E-state index contributed by atoms with van der Waals surface area (Å²) in [4.78, 5) is 25.7. The first-order valence-electron chi connectivity index (χ1n) is 6.77. The molecule has 3 heterocycles. The highest BCUT2D eigenvalue weighted by molar-refractivity contribution is 7.10. The molecule has 7 heteroatoms. The Morgan fingerprint density at radius 3 is 2.95 bits per heavy atom. The molecule has 1 saturated heterocycles. The monoisotopic (exact) mass is 305 g/mol. The zero-order chi connectivity index (χ0) is 14.8. The van der Waals surface area contributed by atoms with Crippen molar-refractivity contribution in [1.82, 2.24) is 9.47 Å². The highest BCUT2D eigenvalue weighted by atomic mass is 32.1. The number of hydrogen-bond acceptors (Lipinski definition) is 5. The van der Waals surface area contributed by atoms with Crippen LogP contribution >= 0.6 is 11.3 Å². The molecule has 6 nitrogen and oxygen atoms in total. The van der Waals surface area contributed by atoms with Crippen LogP contribution in [0.25, 0.3) is 0 Å². The van der Waals surface area contributed by atoms with Crippen LogP contribution in [0.2, 0.25) is 0 Å². The molecule has 21 heavy (non-hydrogen) atoms. The van der Waals surface area contributed by atoms with E-state index < -0.39 is 4.92 Å². The third-order valence-electron chi connectivity index (χ3n) is 3.75. The molecule has 2 aromatic rings. The van der Waals surface area contributed by atoms with Gasteiger partial charge in [-0.25, -0.2) is 0 Å². The molecule has 0 radical (unpaired) electrons. The average Bonchev–Trinajstić information content (AvgIpc) is 3.11. The van der Waals surface area contributed by atoms with Gasteiger partial charge in [0.2, 0.25) is 0 Å². The highest BCUT2D eigenvalue weighted by Crippen LogP contribution is 2.34. The molecule has 0 N–H and O–H groups in total. The van der Waals surface area contributed by atoms with Gasteiger partial charge in [0.15, 0.2) is 0 Å². The molecule has 0 aliphatic carbocycles. The fraction of sp³-hybridized carbons (Fsp3) is 0.357. The molecule has 0 saturated carbocycles. The number of likely N-dealkylation sites (tertiary alicyclic amines) is 1. The Morgan fingerprint density at radius 2 is 2.24 bits per heavy atom. The predicted octanol–water partition coefficient (Wildman–Crippen LogP) is 2.61. The summed E-state index contributed by atoms with van der Waals surface area (Å²) in [6.07, 6.45) is 3.46. The topological polar surface area (TPSA) is 68.4 Å². The fourth-order valence-corrected chi connectivity index (χ4v) is 3.63. The van der Waals surface area contributed by atoms with E-state index in [1.54, 1.807) is 11.3 Å². The maximum absolute atomic E-state index is 11.9. The summed E-state index contributed by atoms with van der Waals surface area (Å²) in [5.41, 5.74) is -0.265. The molecule has 2 aromatic heterocycles. The molecule has 1 atom stereocenters. The molecule has 110 valence electrons. The molecule has 0 amide bonds. The van der Waals surface area contributed by atoms with Crippen molar-refractivity contribution in [3.8, 4) is 0 Å². The van der Waals surface area contributed by atoms with E-state index in [0.717, 1.165) is 19.4 Å². The summed E-state index contributed by atoms with van der Waals surface area (Å²) >= 11 is 1.71. The van der Waals surface area contributed by atoms with E-state index in [2.05, 4.69) is 11.0 Å². The van der Waals surface area contributed by atoms with Gasteiger partial charge in [0.1, 0.15) is 0 Å². The summed E-state index contributed by atoms with van der Waals surface area (Å²) in [5.74, 6) is 0. The Hall–Kier alpha value is -1.99. The molecule has 0 spiro atoms. The number of hydrogen-bond donors (Lipinski definition) is 0. The normalized spacial score (nSPS) is 19.0. The minimum atomic E-state index is -0.476. The maximum atomic E-state index is 11.9. The standard InChI is InChI=1S/C14H15N3O3S/c18-14-6-5-11(17(19)20)9-16(14)10-15-7-1-3-12(15)13-4-2-8-21-13/h2,4-6,8-9,12H,1,3,7,10H2/t12-/m1/s1. The Labute approximate surface area is 125 Å². The predicted molar refractivity (Wildman–Crippen MR) is 80.4 cm³/mol. The molecule has 1 fully saturated rings. The van der Waals surface area contributed by atoms with E-state index in [9.17, 15) is 14.9 Å². The van der Waals surface area contributed by atoms with E-state index in [1.807, 2.05) is 11.4 Å². The van der Waals surface area contributed by atoms with Crippen LogP contribution in [0.4, 0.5) is 5.69 Å². The smallest absolute Gasteiger partial charge is 0.285 e. The van der Waals surface area contributed by atoms with Gasteiger partial charge in [-0.15, -0.1) is 11.3 Å². The van der Waals surface area contributed by atoms with Crippen LogP contribution in [0.1, 0.15) is 23.8 Å². The number of pyridine rings is 1. The van der Waals surface area contributed by atoms with Crippen molar-refractivity contribution in [3.05, 3.63) is 61.2 Å². The van der Waals surface area contributed by atoms with Gasteiger partial charge in [0.05, 0.1) is 17.8 Å². The van der Waals surface area contributed by atoms with Crippen LogP contribution in [0.15, 0.2) is 40.6 Å². The summed E-state index contributed by atoms with van der Waals surface area (Å²) in [6.45, 7) is 1.29. The fourth-order valence-electron chi connectivity index (χ4n) is 2.73. The molecule has 3 rings (SSSR count). The van der Waals surface area contributed by atoms with Crippen molar-refractivity contribution in [3.63, 3.8) is 0 Å². The van der Waals surface area contributed by atoms with Crippen molar-refractivity contribution in [2.75, 3.05) is 6.54 Å². The van der Waals surface area contributed by atoms with Crippen LogP contribution < -0.4 is 5.56 Å². The molecule has 1 aliphatic rings. The van der Waals surface area contributed by atoms with E-state index in [4.69, 9.17) is 0 Å². The van der Waals surface area contributed by atoms with Crippen molar-refractivity contribution in [2.24, 2.45) is 0 Å². The zero-order valence-electron chi connectivity index (χ0n) is 11.3. The van der Waals surface area contributed by atoms with E-state index in [-0.39, 0.29) is 11.2 Å². The number of thiophene rings is 1. The maximum Gasteiger partial charge on any atom is 0.285 e. The Morgan fingerprint density at radius 1 is 1.38 bits per heavy atom. The summed E-state index contributed by atoms with van der Waals surface area (Å²) in [5, 5.41) is 12.9. The van der Waals surface area contributed by atoms with Crippen LogP contribution in [0.5, 0.6) is 0 Å². The lowest BCUT2D eigenvalue weighted by molar-refractivity contribution is -0.385. The summed E-state index contributed by atoms with van der Waals surface area (Å²) in [7, 11) is 0. The van der Waals surface area contributed by atoms with Crippen molar-refractivity contribution < 1.29 is 4.92 Å². The van der Waals surface area contributed by atoms with Gasteiger partial charge in [-0.05, 0) is 24.3 Å². The number of rotatable bonds is 4. The number of aromatic nitrogens is 1. The quantitative estimate of drug-likeness (QED) is 0.643. The van der Waals surface area contributed by atoms with E-state index >= 15 is 0 Å². The number of nitrogens with zero attached hydrogens (tertiary/aromatic N) is 3. The largest absolute Gasteiger partial charge is 0.295 e. The van der Waals surface area contributed by atoms with Crippen LogP contribution in [0.3, 0.4) is 0 Å². The van der Waals surface area contributed by atoms with Gasteiger partial charge < -0.3 is 0 Å². The minimum absolute atomic E-state index is 0.0542. The lowest BCUT2D eigenvalue weighted by Gasteiger charge is -2.24. The molecule has 1 aliphatic heterocycles. The second-order valence-electron chi connectivity index (χ2n) is 5.08. The minimum Gasteiger partial charge on any atom is -0.295 e. The Kier molecular flexibility index (Phi) is 3.85. The van der Waals surface area contributed by atoms with Gasteiger partial charge in [-0.3, -0.25) is 24.4 Å². The summed E-state index contributed by atoms with van der Waals surface area (Å²) in [6, 6.07) is 6.93. The molecule has 0 aromatic carbocycles. The van der Waals surface area contributed by atoms with Crippen molar-refractivity contribution in [2.45, 2.75) is 25.6 Å². The summed E-state index contributed by atoms with van der Waals surface area (Å²) < 4.78 is 1.42. The molecular formula is C14H15N3O3S. The van der Waals surface area contributed by atoms with Gasteiger partial charge in [0, 0.05) is 29.6 Å². The molecule has 0 unspecified atom stereocenters. The van der Waals surface area contributed by atoms with Gasteiger partial charge in [-0.2, -0.15) is 0 Å². The second kappa shape index (κ2) is 5.79.